The molecule has 1 N–H and O–H groups in total. The van der Waals surface area contributed by atoms with E-state index in [2.05, 4.69) is 58.8 Å². The summed E-state index contributed by atoms with van der Waals surface area (Å²) in [6.07, 6.45) is 8.84. The average Bonchev–Trinajstić information content (AvgIpc) is 2.84. The lowest BCUT2D eigenvalue weighted by Gasteiger charge is -2.45. The van der Waals surface area contributed by atoms with Gasteiger partial charge in [-0.15, -0.1) is 0 Å². The van der Waals surface area contributed by atoms with Crippen molar-refractivity contribution in [2.24, 2.45) is 0 Å². The molecule has 6 heteroatoms. The topological polar surface area (TPSA) is 58.6 Å². The molecule has 0 spiro atoms. The van der Waals surface area contributed by atoms with Crippen molar-refractivity contribution < 1.29 is 12.6 Å². The van der Waals surface area contributed by atoms with Gasteiger partial charge in [0.05, 0.1) is 16.5 Å². The second-order valence-electron chi connectivity index (χ2n) is 8.56. The molecule has 0 bridgehead atoms. The number of nitrogens with one attached hydrogen (secondary N) is 1. The van der Waals surface area contributed by atoms with Crippen LogP contribution in [0.2, 0.25) is 0 Å². The summed E-state index contributed by atoms with van der Waals surface area (Å²) in [5.41, 5.74) is 2.43. The molecule has 5 nitrogen and oxygen atoms in total. The maximum Gasteiger partial charge on any atom is 0.297 e. The summed E-state index contributed by atoms with van der Waals surface area (Å²) in [6, 6.07) is 19.0. The molecular formula is C26H32N2O3S. The molecule has 2 aromatic carbocycles. The number of nitrogens with zero attached hydrogens (tertiary/aromatic N) is 1. The van der Waals surface area contributed by atoms with Crippen LogP contribution in [0.25, 0.3) is 0 Å². The Kier molecular flexibility index (Phi) is 7.26. The number of benzene rings is 2. The number of allylic oxidation sites excluding steroid dienone is 2. The lowest BCUT2D eigenvalue weighted by Crippen LogP contribution is -2.53. The predicted octanol–water partition coefficient (Wildman–Crippen LogP) is 4.25. The van der Waals surface area contributed by atoms with Crippen LogP contribution in [0.1, 0.15) is 31.7 Å². The Morgan fingerprint density at radius 2 is 1.69 bits per heavy atom. The monoisotopic (exact) mass is 452 g/mol. The Balaban J connectivity index is 1.40. The van der Waals surface area contributed by atoms with Crippen LogP contribution in [0.4, 0.5) is 0 Å². The largest absolute Gasteiger partial charge is 0.314 e. The van der Waals surface area contributed by atoms with E-state index in [1.807, 2.05) is 6.92 Å². The zero-order valence-corrected chi connectivity index (χ0v) is 19.4. The molecule has 2 aromatic rings. The first-order valence-corrected chi connectivity index (χ1v) is 12.8. The summed E-state index contributed by atoms with van der Waals surface area (Å²) in [5, 5.41) is 3.45. The quantitative estimate of drug-likeness (QED) is 0.607. The Labute approximate surface area is 191 Å². The SMILES string of the molecule is CC(CCC1=CCC(c2ccccc2)(N2CCNCC2)C=C1)OS(=O)(=O)c1ccccc1. The highest BCUT2D eigenvalue weighted by Crippen LogP contribution is 2.38. The van der Waals surface area contributed by atoms with Crippen LogP contribution in [-0.2, 0) is 19.8 Å². The van der Waals surface area contributed by atoms with Gasteiger partial charge in [0, 0.05) is 26.2 Å². The Morgan fingerprint density at radius 1 is 1.03 bits per heavy atom. The van der Waals surface area contributed by atoms with E-state index in [0.717, 1.165) is 39.0 Å². The lowest BCUT2D eigenvalue weighted by atomic mass is 9.79. The molecule has 2 aliphatic rings. The fraction of sp³-hybridized carbons (Fsp3) is 0.385. The number of rotatable bonds is 8. The van der Waals surface area contributed by atoms with Gasteiger partial charge in [-0.25, -0.2) is 0 Å². The van der Waals surface area contributed by atoms with Gasteiger partial charge in [0.25, 0.3) is 10.1 Å². The van der Waals surface area contributed by atoms with Crippen LogP contribution in [0.5, 0.6) is 0 Å². The van der Waals surface area contributed by atoms with Crippen molar-refractivity contribution in [1.29, 1.82) is 0 Å². The molecule has 0 radical (unpaired) electrons. The van der Waals surface area contributed by atoms with Crippen LogP contribution >= 0.6 is 0 Å². The first-order chi connectivity index (χ1) is 15.5. The maximum atomic E-state index is 12.4. The van der Waals surface area contributed by atoms with Crippen LogP contribution < -0.4 is 5.32 Å². The second kappa shape index (κ2) is 10.1. The number of hydrogen-bond donors (Lipinski definition) is 1. The van der Waals surface area contributed by atoms with E-state index < -0.39 is 10.1 Å². The van der Waals surface area contributed by atoms with E-state index in [1.165, 1.54) is 11.1 Å². The first kappa shape index (κ1) is 22.9. The van der Waals surface area contributed by atoms with Crippen molar-refractivity contribution in [2.75, 3.05) is 26.2 Å². The van der Waals surface area contributed by atoms with E-state index in [4.69, 9.17) is 4.18 Å². The fourth-order valence-corrected chi connectivity index (χ4v) is 5.68. The third-order valence-electron chi connectivity index (χ3n) is 6.37. The summed E-state index contributed by atoms with van der Waals surface area (Å²) in [7, 11) is -3.73. The molecule has 1 saturated heterocycles. The summed E-state index contributed by atoms with van der Waals surface area (Å²) >= 11 is 0. The van der Waals surface area contributed by atoms with Gasteiger partial charge in [-0.1, -0.05) is 72.3 Å². The molecule has 1 aliphatic heterocycles. The van der Waals surface area contributed by atoms with Gasteiger partial charge in [-0.2, -0.15) is 8.42 Å². The Bertz CT molecular complexity index is 1040. The van der Waals surface area contributed by atoms with Crippen molar-refractivity contribution in [1.82, 2.24) is 10.2 Å². The van der Waals surface area contributed by atoms with Crippen molar-refractivity contribution in [3.05, 3.63) is 90.0 Å². The van der Waals surface area contributed by atoms with E-state index in [0.29, 0.717) is 6.42 Å². The van der Waals surface area contributed by atoms with E-state index in [-0.39, 0.29) is 16.5 Å². The molecule has 32 heavy (non-hydrogen) atoms. The zero-order chi connectivity index (χ0) is 22.4. The molecule has 4 rings (SSSR count). The summed E-state index contributed by atoms with van der Waals surface area (Å²) in [5.74, 6) is 0. The molecular weight excluding hydrogens is 420 g/mol. The van der Waals surface area contributed by atoms with Crippen LogP contribution in [0.3, 0.4) is 0 Å². The minimum absolute atomic E-state index is 0.119. The molecule has 1 fully saturated rings. The molecule has 0 saturated carbocycles. The standard InChI is InChI=1S/C26H32N2O3S/c1-22(31-32(29,30)25-10-6-3-7-11-25)12-13-23-14-16-26(17-15-23,24-8-4-2-5-9-24)28-20-18-27-19-21-28/h2-11,14-16,22,27H,12-13,17-21H2,1H3. The first-order valence-electron chi connectivity index (χ1n) is 11.4. The van der Waals surface area contributed by atoms with E-state index in [9.17, 15) is 8.42 Å². The van der Waals surface area contributed by atoms with Gasteiger partial charge in [-0.05, 0) is 43.9 Å². The van der Waals surface area contributed by atoms with Crippen molar-refractivity contribution in [2.45, 2.75) is 42.7 Å². The number of piperazine rings is 1. The highest BCUT2D eigenvalue weighted by molar-refractivity contribution is 7.86. The summed E-state index contributed by atoms with van der Waals surface area (Å²) in [4.78, 5) is 2.77. The van der Waals surface area contributed by atoms with Crippen molar-refractivity contribution >= 4 is 10.1 Å². The molecule has 170 valence electrons. The smallest absolute Gasteiger partial charge is 0.297 e. The minimum Gasteiger partial charge on any atom is -0.314 e. The van der Waals surface area contributed by atoms with Crippen LogP contribution in [-0.4, -0.2) is 45.6 Å². The van der Waals surface area contributed by atoms with Crippen LogP contribution in [0.15, 0.2) is 89.4 Å². The van der Waals surface area contributed by atoms with Crippen LogP contribution in [0, 0.1) is 0 Å². The van der Waals surface area contributed by atoms with Crippen molar-refractivity contribution in [3.8, 4) is 0 Å². The van der Waals surface area contributed by atoms with Gasteiger partial charge < -0.3 is 5.32 Å². The molecule has 2 atom stereocenters. The van der Waals surface area contributed by atoms with E-state index >= 15 is 0 Å². The molecule has 1 heterocycles. The van der Waals surface area contributed by atoms with E-state index in [1.54, 1.807) is 30.3 Å². The highest BCUT2D eigenvalue weighted by Gasteiger charge is 2.37. The fourth-order valence-electron chi connectivity index (χ4n) is 4.55. The maximum absolute atomic E-state index is 12.4. The minimum atomic E-state index is -3.73. The van der Waals surface area contributed by atoms with Gasteiger partial charge >= 0.3 is 0 Å². The third kappa shape index (κ3) is 5.21. The molecule has 0 aromatic heterocycles. The van der Waals surface area contributed by atoms with Gasteiger partial charge in [0.1, 0.15) is 0 Å². The highest BCUT2D eigenvalue weighted by atomic mass is 32.2. The van der Waals surface area contributed by atoms with Gasteiger partial charge in [0.2, 0.25) is 0 Å². The normalized spacial score (nSPS) is 23.0. The number of hydrogen-bond acceptors (Lipinski definition) is 5. The van der Waals surface area contributed by atoms with Crippen molar-refractivity contribution in [3.63, 3.8) is 0 Å². The second-order valence-corrected chi connectivity index (χ2v) is 10.1. The molecule has 0 amide bonds. The lowest BCUT2D eigenvalue weighted by molar-refractivity contribution is 0.112. The Morgan fingerprint density at radius 3 is 2.31 bits per heavy atom. The zero-order valence-electron chi connectivity index (χ0n) is 18.6. The summed E-state index contributed by atoms with van der Waals surface area (Å²) in [6.45, 7) is 5.87. The predicted molar refractivity (Wildman–Crippen MR) is 128 cm³/mol. The average molecular weight is 453 g/mol. The summed E-state index contributed by atoms with van der Waals surface area (Å²) < 4.78 is 30.3. The van der Waals surface area contributed by atoms with Gasteiger partial charge in [-0.3, -0.25) is 9.08 Å². The Hall–Kier alpha value is -2.25. The molecule has 1 aliphatic carbocycles. The third-order valence-corrected chi connectivity index (χ3v) is 7.80. The molecule has 2 unspecified atom stereocenters. The van der Waals surface area contributed by atoms with Gasteiger partial charge in [0.15, 0.2) is 0 Å².